The highest BCUT2D eigenvalue weighted by Gasteiger charge is 1.94. The number of anilines is 1. The van der Waals surface area contributed by atoms with E-state index in [1.807, 2.05) is 31.0 Å². The average molecular weight is 230 g/mol. The maximum absolute atomic E-state index is 4.26. The number of aromatic nitrogens is 3. The summed E-state index contributed by atoms with van der Waals surface area (Å²) in [5, 5.41) is 3.33. The summed E-state index contributed by atoms with van der Waals surface area (Å²) in [7, 11) is 0. The summed E-state index contributed by atoms with van der Waals surface area (Å²) in [4.78, 5) is 8.28. The predicted octanol–water partition coefficient (Wildman–Crippen LogP) is 2.48. The van der Waals surface area contributed by atoms with Crippen LogP contribution in [0.5, 0.6) is 0 Å². The molecular weight excluding hydrogens is 212 g/mol. The second-order valence-corrected chi connectivity index (χ2v) is 4.15. The molecule has 90 valence electrons. The van der Waals surface area contributed by atoms with Crippen LogP contribution < -0.4 is 5.32 Å². The Kier molecular flexibility index (Phi) is 4.13. The molecule has 2 aromatic heterocycles. The van der Waals surface area contributed by atoms with Crippen LogP contribution in [0.2, 0.25) is 0 Å². The number of hydrogen-bond donors (Lipinski definition) is 1. The lowest BCUT2D eigenvalue weighted by atomic mass is 10.3. The van der Waals surface area contributed by atoms with Gasteiger partial charge in [-0.2, -0.15) is 0 Å². The summed E-state index contributed by atoms with van der Waals surface area (Å²) in [5.41, 5.74) is 1.24. The van der Waals surface area contributed by atoms with Gasteiger partial charge in [0, 0.05) is 31.7 Å². The SMILES string of the molecule is Cc1ccnc(NCCCCn2ccnc2)c1. The summed E-state index contributed by atoms with van der Waals surface area (Å²) < 4.78 is 2.10. The molecule has 0 fully saturated rings. The van der Waals surface area contributed by atoms with Crippen LogP contribution in [0.1, 0.15) is 18.4 Å². The van der Waals surface area contributed by atoms with Gasteiger partial charge in [0.25, 0.3) is 0 Å². The Balaban J connectivity index is 1.63. The highest BCUT2D eigenvalue weighted by atomic mass is 15.0. The quantitative estimate of drug-likeness (QED) is 0.775. The van der Waals surface area contributed by atoms with E-state index < -0.39 is 0 Å². The summed E-state index contributed by atoms with van der Waals surface area (Å²) in [6.07, 6.45) is 9.78. The van der Waals surface area contributed by atoms with Gasteiger partial charge in [0.1, 0.15) is 5.82 Å². The minimum Gasteiger partial charge on any atom is -0.370 e. The molecule has 2 heterocycles. The topological polar surface area (TPSA) is 42.7 Å². The van der Waals surface area contributed by atoms with Crippen molar-refractivity contribution in [2.45, 2.75) is 26.3 Å². The third-order valence-corrected chi connectivity index (χ3v) is 2.62. The second kappa shape index (κ2) is 6.03. The largest absolute Gasteiger partial charge is 0.370 e. The Bertz CT molecular complexity index is 436. The maximum Gasteiger partial charge on any atom is 0.126 e. The lowest BCUT2D eigenvalue weighted by Gasteiger charge is -2.06. The van der Waals surface area contributed by atoms with Crippen LogP contribution >= 0.6 is 0 Å². The molecule has 0 atom stereocenters. The van der Waals surface area contributed by atoms with Gasteiger partial charge in [0.05, 0.1) is 6.33 Å². The molecule has 0 spiro atoms. The van der Waals surface area contributed by atoms with Crippen LogP contribution in [0, 0.1) is 6.92 Å². The molecule has 17 heavy (non-hydrogen) atoms. The van der Waals surface area contributed by atoms with Gasteiger partial charge in [-0.3, -0.25) is 0 Å². The normalized spacial score (nSPS) is 10.4. The molecule has 2 aromatic rings. The fourth-order valence-corrected chi connectivity index (χ4v) is 1.69. The number of nitrogens with zero attached hydrogens (tertiary/aromatic N) is 3. The number of nitrogens with one attached hydrogen (secondary N) is 1. The van der Waals surface area contributed by atoms with Crippen molar-refractivity contribution < 1.29 is 0 Å². The van der Waals surface area contributed by atoms with Crippen molar-refractivity contribution in [1.29, 1.82) is 0 Å². The van der Waals surface area contributed by atoms with E-state index in [-0.39, 0.29) is 0 Å². The molecule has 0 aliphatic rings. The van der Waals surface area contributed by atoms with Gasteiger partial charge >= 0.3 is 0 Å². The molecule has 0 saturated heterocycles. The van der Waals surface area contributed by atoms with Gasteiger partial charge in [0.15, 0.2) is 0 Å². The zero-order chi connectivity index (χ0) is 11.9. The van der Waals surface area contributed by atoms with Crippen LogP contribution in [0.4, 0.5) is 5.82 Å². The number of unbranched alkanes of at least 4 members (excludes halogenated alkanes) is 1. The second-order valence-electron chi connectivity index (χ2n) is 4.15. The Morgan fingerprint density at radius 1 is 1.29 bits per heavy atom. The molecule has 0 unspecified atom stereocenters. The standard InChI is InChI=1S/C13H18N4/c1-12-4-6-16-13(10-12)15-5-2-3-8-17-9-7-14-11-17/h4,6-7,9-11H,2-3,5,8H2,1H3,(H,15,16). The van der Waals surface area contributed by atoms with Crippen molar-refractivity contribution in [3.8, 4) is 0 Å². The van der Waals surface area contributed by atoms with E-state index in [4.69, 9.17) is 0 Å². The van der Waals surface area contributed by atoms with E-state index in [1.165, 1.54) is 5.56 Å². The van der Waals surface area contributed by atoms with Gasteiger partial charge in [0.2, 0.25) is 0 Å². The lowest BCUT2D eigenvalue weighted by Crippen LogP contribution is -2.05. The minimum atomic E-state index is 0.963. The number of hydrogen-bond acceptors (Lipinski definition) is 3. The monoisotopic (exact) mass is 230 g/mol. The number of rotatable bonds is 6. The zero-order valence-electron chi connectivity index (χ0n) is 10.1. The molecular formula is C13H18N4. The summed E-state index contributed by atoms with van der Waals surface area (Å²) in [6, 6.07) is 4.07. The van der Waals surface area contributed by atoms with Gasteiger partial charge in [-0.15, -0.1) is 0 Å². The van der Waals surface area contributed by atoms with Crippen molar-refractivity contribution in [3.63, 3.8) is 0 Å². The van der Waals surface area contributed by atoms with Gasteiger partial charge in [-0.25, -0.2) is 9.97 Å². The third-order valence-electron chi connectivity index (χ3n) is 2.62. The summed E-state index contributed by atoms with van der Waals surface area (Å²) in [6.45, 7) is 4.07. The zero-order valence-corrected chi connectivity index (χ0v) is 10.1. The Morgan fingerprint density at radius 2 is 2.24 bits per heavy atom. The van der Waals surface area contributed by atoms with Gasteiger partial charge in [-0.1, -0.05) is 0 Å². The molecule has 0 amide bonds. The van der Waals surface area contributed by atoms with E-state index in [0.29, 0.717) is 0 Å². The first-order chi connectivity index (χ1) is 8.34. The van der Waals surface area contributed by atoms with E-state index in [2.05, 4.69) is 32.8 Å². The fourth-order valence-electron chi connectivity index (χ4n) is 1.69. The average Bonchev–Trinajstić information content (AvgIpc) is 2.82. The van der Waals surface area contributed by atoms with Crippen LogP contribution in [0.25, 0.3) is 0 Å². The molecule has 0 saturated carbocycles. The van der Waals surface area contributed by atoms with Gasteiger partial charge < -0.3 is 9.88 Å². The fraction of sp³-hybridized carbons (Fsp3) is 0.385. The van der Waals surface area contributed by atoms with Crippen LogP contribution in [-0.2, 0) is 6.54 Å². The number of aryl methyl sites for hydroxylation is 2. The molecule has 0 aromatic carbocycles. The number of pyridine rings is 1. The highest BCUT2D eigenvalue weighted by Crippen LogP contribution is 2.05. The molecule has 0 aliphatic carbocycles. The summed E-state index contributed by atoms with van der Waals surface area (Å²) in [5.74, 6) is 0.965. The maximum atomic E-state index is 4.26. The van der Waals surface area contributed by atoms with Crippen molar-refractivity contribution in [2.75, 3.05) is 11.9 Å². The Labute approximate surface area is 102 Å². The van der Waals surface area contributed by atoms with Crippen molar-refractivity contribution in [3.05, 3.63) is 42.6 Å². The Morgan fingerprint density at radius 3 is 3.00 bits per heavy atom. The van der Waals surface area contributed by atoms with Crippen LogP contribution in [-0.4, -0.2) is 21.1 Å². The molecule has 0 aliphatic heterocycles. The smallest absolute Gasteiger partial charge is 0.126 e. The molecule has 4 heteroatoms. The number of imidazole rings is 1. The molecule has 2 rings (SSSR count). The van der Waals surface area contributed by atoms with Crippen LogP contribution in [0.15, 0.2) is 37.1 Å². The van der Waals surface area contributed by atoms with Gasteiger partial charge in [-0.05, 0) is 37.5 Å². The first-order valence-electron chi connectivity index (χ1n) is 5.97. The minimum absolute atomic E-state index is 0.963. The highest BCUT2D eigenvalue weighted by molar-refractivity contribution is 5.36. The van der Waals surface area contributed by atoms with E-state index in [1.54, 1.807) is 0 Å². The summed E-state index contributed by atoms with van der Waals surface area (Å²) >= 11 is 0. The van der Waals surface area contributed by atoms with E-state index in [9.17, 15) is 0 Å². The predicted molar refractivity (Wildman–Crippen MR) is 68.9 cm³/mol. The van der Waals surface area contributed by atoms with Crippen molar-refractivity contribution >= 4 is 5.82 Å². The van der Waals surface area contributed by atoms with Crippen LogP contribution in [0.3, 0.4) is 0 Å². The first-order valence-corrected chi connectivity index (χ1v) is 5.97. The Hall–Kier alpha value is -1.84. The molecule has 1 N–H and O–H groups in total. The van der Waals surface area contributed by atoms with E-state index >= 15 is 0 Å². The molecule has 4 nitrogen and oxygen atoms in total. The van der Waals surface area contributed by atoms with Crippen molar-refractivity contribution in [1.82, 2.24) is 14.5 Å². The first kappa shape index (κ1) is 11.6. The molecule has 0 radical (unpaired) electrons. The third kappa shape index (κ3) is 3.90. The molecule has 0 bridgehead atoms. The lowest BCUT2D eigenvalue weighted by molar-refractivity contribution is 0.620. The van der Waals surface area contributed by atoms with Crippen molar-refractivity contribution in [2.24, 2.45) is 0 Å². The van der Waals surface area contributed by atoms with E-state index in [0.717, 1.165) is 31.7 Å².